The second kappa shape index (κ2) is 6.13. The smallest absolute Gasteiger partial charge is 0.325 e. The van der Waals surface area contributed by atoms with Crippen molar-refractivity contribution in [3.8, 4) is 0 Å². The molecule has 0 aliphatic carbocycles. The van der Waals surface area contributed by atoms with Crippen molar-refractivity contribution in [3.05, 3.63) is 0 Å². The third kappa shape index (κ3) is 9.53. The topological polar surface area (TPSA) is 83.8 Å². The fourth-order valence-corrected chi connectivity index (χ4v) is 1.34. The molecule has 6 heteroatoms. The van der Waals surface area contributed by atoms with Gasteiger partial charge in [0.1, 0.15) is 0 Å². The molecule has 0 aromatic heterocycles. The van der Waals surface area contributed by atoms with Crippen molar-refractivity contribution in [2.45, 2.75) is 26.2 Å². The Morgan fingerprint density at radius 2 is 2.00 bits per heavy atom. The summed E-state index contributed by atoms with van der Waals surface area (Å²) in [5.41, 5.74) is 0. The molecule has 0 bridgehead atoms. The molecule has 0 atom stereocenters. The van der Waals surface area contributed by atoms with Crippen molar-refractivity contribution in [1.29, 1.82) is 0 Å². The predicted octanol–water partition coefficient (Wildman–Crippen LogP) is 0.897. The van der Waals surface area contributed by atoms with E-state index in [1.807, 2.05) is 0 Å². The molecule has 78 valence electrons. The third-order valence-electron chi connectivity index (χ3n) is 1.40. The maximum Gasteiger partial charge on any atom is 0.325 e. The average molecular weight is 210 g/mol. The Hall–Kier alpha value is -0.380. The van der Waals surface area contributed by atoms with Gasteiger partial charge in [0, 0.05) is 12.6 Å². The lowest BCUT2D eigenvalue weighted by Crippen LogP contribution is -2.04. The third-order valence-corrected chi connectivity index (χ3v) is 2.29. The molecule has 13 heavy (non-hydrogen) atoms. The first-order valence-corrected chi connectivity index (χ1v) is 5.95. The highest BCUT2D eigenvalue weighted by atomic mass is 31.2. The van der Waals surface area contributed by atoms with Crippen LogP contribution >= 0.6 is 7.60 Å². The summed E-state index contributed by atoms with van der Waals surface area (Å²) < 4.78 is 15.1. The first-order chi connectivity index (χ1) is 5.95. The van der Waals surface area contributed by atoms with Crippen molar-refractivity contribution in [3.63, 3.8) is 0 Å². The van der Waals surface area contributed by atoms with Crippen LogP contribution in [0, 0.1) is 0 Å². The van der Waals surface area contributed by atoms with E-state index in [9.17, 15) is 9.36 Å². The Kier molecular flexibility index (Phi) is 5.95. The lowest BCUT2D eigenvalue weighted by atomic mass is 10.3. The SMILES string of the molecule is CCC(=O)OCCCCP(=O)(O)O. The van der Waals surface area contributed by atoms with E-state index in [2.05, 4.69) is 0 Å². The van der Waals surface area contributed by atoms with Gasteiger partial charge in [-0.05, 0) is 12.8 Å². The normalized spacial score (nSPS) is 11.3. The fourth-order valence-electron chi connectivity index (χ4n) is 0.708. The summed E-state index contributed by atoms with van der Waals surface area (Å²) in [6, 6.07) is 0. The Bertz CT molecular complexity index is 197. The monoisotopic (exact) mass is 210 g/mol. The van der Waals surface area contributed by atoms with E-state index < -0.39 is 7.60 Å². The highest BCUT2D eigenvalue weighted by molar-refractivity contribution is 7.51. The molecule has 0 aromatic rings. The molecule has 0 spiro atoms. The van der Waals surface area contributed by atoms with Gasteiger partial charge in [-0.25, -0.2) is 0 Å². The molecule has 0 radical (unpaired) electrons. The van der Waals surface area contributed by atoms with Gasteiger partial charge in [-0.15, -0.1) is 0 Å². The number of hydrogen-bond acceptors (Lipinski definition) is 3. The Morgan fingerprint density at radius 1 is 1.38 bits per heavy atom. The van der Waals surface area contributed by atoms with Gasteiger partial charge in [0.15, 0.2) is 0 Å². The van der Waals surface area contributed by atoms with Gasteiger partial charge < -0.3 is 14.5 Å². The maximum absolute atomic E-state index is 10.6. The number of ether oxygens (including phenoxy) is 1. The Morgan fingerprint density at radius 3 is 2.46 bits per heavy atom. The molecule has 0 heterocycles. The lowest BCUT2D eigenvalue weighted by molar-refractivity contribution is -0.143. The zero-order valence-electron chi connectivity index (χ0n) is 7.60. The number of carbonyl (C=O) groups excluding carboxylic acids is 1. The van der Waals surface area contributed by atoms with E-state index >= 15 is 0 Å². The molecule has 0 saturated carbocycles. The number of carbonyl (C=O) groups is 1. The van der Waals surface area contributed by atoms with Crippen LogP contribution < -0.4 is 0 Å². The Balaban J connectivity index is 3.27. The van der Waals surface area contributed by atoms with Gasteiger partial charge in [0.2, 0.25) is 0 Å². The van der Waals surface area contributed by atoms with Crippen molar-refractivity contribution < 1.29 is 23.9 Å². The van der Waals surface area contributed by atoms with Gasteiger partial charge in [0.05, 0.1) is 6.61 Å². The number of unbranched alkanes of at least 4 members (excludes halogenated alkanes) is 1. The first kappa shape index (κ1) is 12.6. The summed E-state index contributed by atoms with van der Waals surface area (Å²) in [5.74, 6) is -0.281. The van der Waals surface area contributed by atoms with E-state index in [1.165, 1.54) is 0 Å². The number of hydrogen-bond donors (Lipinski definition) is 2. The molecular formula is C7H15O5P. The van der Waals surface area contributed by atoms with E-state index in [-0.39, 0.29) is 18.7 Å². The van der Waals surface area contributed by atoms with Crippen LogP contribution in [0.15, 0.2) is 0 Å². The standard InChI is InChI=1S/C7H15O5P/c1-2-7(8)12-5-3-4-6-13(9,10)11/h2-6H2,1H3,(H2,9,10,11). The lowest BCUT2D eigenvalue weighted by Gasteiger charge is -2.04. The molecule has 0 aliphatic rings. The van der Waals surface area contributed by atoms with E-state index in [0.29, 0.717) is 19.3 Å². The van der Waals surface area contributed by atoms with Crippen molar-refractivity contribution in [2.75, 3.05) is 12.8 Å². The van der Waals surface area contributed by atoms with E-state index in [1.54, 1.807) is 6.92 Å². The molecule has 0 rings (SSSR count). The van der Waals surface area contributed by atoms with Crippen LogP contribution in [0.5, 0.6) is 0 Å². The van der Waals surface area contributed by atoms with Crippen LogP contribution in [-0.2, 0) is 14.1 Å². The van der Waals surface area contributed by atoms with E-state index in [0.717, 1.165) is 0 Å². The van der Waals surface area contributed by atoms with Crippen molar-refractivity contribution in [1.82, 2.24) is 0 Å². The van der Waals surface area contributed by atoms with Crippen LogP contribution in [0.25, 0.3) is 0 Å². The molecule has 2 N–H and O–H groups in total. The van der Waals surface area contributed by atoms with Crippen LogP contribution in [-0.4, -0.2) is 28.5 Å². The summed E-state index contributed by atoms with van der Waals surface area (Å²) in [7, 11) is -3.88. The largest absolute Gasteiger partial charge is 0.466 e. The highest BCUT2D eigenvalue weighted by Crippen LogP contribution is 2.35. The van der Waals surface area contributed by atoms with Gasteiger partial charge in [0.25, 0.3) is 0 Å². The molecule has 0 fully saturated rings. The molecule has 0 unspecified atom stereocenters. The summed E-state index contributed by atoms with van der Waals surface area (Å²) in [6.07, 6.45) is 1.06. The van der Waals surface area contributed by atoms with Crippen LogP contribution in [0.1, 0.15) is 26.2 Å². The second-order valence-corrected chi connectivity index (χ2v) is 4.45. The number of esters is 1. The number of rotatable bonds is 6. The van der Waals surface area contributed by atoms with E-state index in [4.69, 9.17) is 14.5 Å². The minimum absolute atomic E-state index is 0.142. The maximum atomic E-state index is 10.6. The summed E-state index contributed by atoms with van der Waals surface area (Å²) in [5, 5.41) is 0. The summed E-state index contributed by atoms with van der Waals surface area (Å²) in [4.78, 5) is 27.5. The molecule has 0 aliphatic heterocycles. The van der Waals surface area contributed by atoms with Gasteiger partial charge in [-0.3, -0.25) is 9.36 Å². The van der Waals surface area contributed by atoms with Crippen molar-refractivity contribution in [2.24, 2.45) is 0 Å². The highest BCUT2D eigenvalue weighted by Gasteiger charge is 2.11. The molecular weight excluding hydrogens is 195 g/mol. The summed E-state index contributed by atoms with van der Waals surface area (Å²) in [6.45, 7) is 1.94. The quantitative estimate of drug-likeness (QED) is 0.386. The molecule has 0 saturated heterocycles. The zero-order valence-corrected chi connectivity index (χ0v) is 8.50. The fraction of sp³-hybridized carbons (Fsp3) is 0.857. The Labute approximate surface area is 77.3 Å². The van der Waals surface area contributed by atoms with Gasteiger partial charge in [-0.1, -0.05) is 6.92 Å². The average Bonchev–Trinajstić information content (AvgIpc) is 2.01. The van der Waals surface area contributed by atoms with Crippen LogP contribution in [0.2, 0.25) is 0 Å². The molecule has 0 aromatic carbocycles. The minimum Gasteiger partial charge on any atom is -0.466 e. The van der Waals surface area contributed by atoms with Crippen LogP contribution in [0.4, 0.5) is 0 Å². The van der Waals surface area contributed by atoms with Gasteiger partial charge in [-0.2, -0.15) is 0 Å². The molecule has 5 nitrogen and oxygen atoms in total. The molecule has 0 amide bonds. The first-order valence-electron chi connectivity index (χ1n) is 4.16. The van der Waals surface area contributed by atoms with Crippen molar-refractivity contribution >= 4 is 13.6 Å². The predicted molar refractivity (Wildman–Crippen MR) is 47.4 cm³/mol. The zero-order chi connectivity index (χ0) is 10.3. The summed E-state index contributed by atoms with van der Waals surface area (Å²) >= 11 is 0. The second-order valence-electron chi connectivity index (χ2n) is 2.67. The van der Waals surface area contributed by atoms with Gasteiger partial charge >= 0.3 is 13.6 Å². The minimum atomic E-state index is -3.88. The van der Waals surface area contributed by atoms with Crippen LogP contribution in [0.3, 0.4) is 0 Å².